The SMILES string of the molecule is CCC(OC)c1nc(Cl)c2c(n1)CCOC2. The van der Waals surface area contributed by atoms with Crippen molar-refractivity contribution in [3.63, 3.8) is 0 Å². The van der Waals surface area contributed by atoms with Crippen LogP contribution in [0.2, 0.25) is 5.15 Å². The average molecular weight is 243 g/mol. The van der Waals surface area contributed by atoms with Crippen LogP contribution in [0.4, 0.5) is 0 Å². The van der Waals surface area contributed by atoms with Crippen LogP contribution in [-0.2, 0) is 22.5 Å². The molecule has 1 aliphatic rings. The molecule has 1 aromatic heterocycles. The summed E-state index contributed by atoms with van der Waals surface area (Å²) in [5.74, 6) is 0.677. The first kappa shape index (κ1) is 11.8. The third-order valence-corrected chi connectivity index (χ3v) is 3.05. The van der Waals surface area contributed by atoms with Crippen LogP contribution in [-0.4, -0.2) is 23.7 Å². The monoisotopic (exact) mass is 242 g/mol. The number of halogens is 1. The van der Waals surface area contributed by atoms with Gasteiger partial charge < -0.3 is 9.47 Å². The first-order chi connectivity index (χ1) is 7.76. The summed E-state index contributed by atoms with van der Waals surface area (Å²) in [5.41, 5.74) is 1.92. The normalized spacial score (nSPS) is 16.9. The van der Waals surface area contributed by atoms with Crippen LogP contribution in [0.3, 0.4) is 0 Å². The lowest BCUT2D eigenvalue weighted by Gasteiger charge is -2.19. The van der Waals surface area contributed by atoms with Gasteiger partial charge in [0.25, 0.3) is 0 Å². The van der Waals surface area contributed by atoms with Crippen LogP contribution in [0, 0.1) is 0 Å². The third-order valence-electron chi connectivity index (χ3n) is 2.73. The number of hydrogen-bond donors (Lipinski definition) is 0. The van der Waals surface area contributed by atoms with E-state index in [9.17, 15) is 0 Å². The largest absolute Gasteiger partial charge is 0.376 e. The molecule has 1 aromatic rings. The summed E-state index contributed by atoms with van der Waals surface area (Å²) in [7, 11) is 1.66. The van der Waals surface area contributed by atoms with Gasteiger partial charge in [-0.05, 0) is 6.42 Å². The fraction of sp³-hybridized carbons (Fsp3) is 0.636. The van der Waals surface area contributed by atoms with Crippen molar-refractivity contribution >= 4 is 11.6 Å². The quantitative estimate of drug-likeness (QED) is 0.763. The number of rotatable bonds is 3. The molecule has 4 nitrogen and oxygen atoms in total. The van der Waals surface area contributed by atoms with Gasteiger partial charge in [0.15, 0.2) is 5.82 Å². The minimum absolute atomic E-state index is 0.0781. The molecule has 1 unspecified atom stereocenters. The fourth-order valence-corrected chi connectivity index (χ4v) is 2.06. The summed E-state index contributed by atoms with van der Waals surface area (Å²) >= 11 is 6.12. The summed E-state index contributed by atoms with van der Waals surface area (Å²) in [5, 5.41) is 0.496. The number of nitrogens with zero attached hydrogens (tertiary/aromatic N) is 2. The molecule has 2 heterocycles. The molecule has 16 heavy (non-hydrogen) atoms. The second-order valence-electron chi connectivity index (χ2n) is 3.73. The minimum atomic E-state index is -0.0781. The van der Waals surface area contributed by atoms with Crippen molar-refractivity contribution in [2.24, 2.45) is 0 Å². The smallest absolute Gasteiger partial charge is 0.159 e. The van der Waals surface area contributed by atoms with E-state index in [1.165, 1.54) is 0 Å². The van der Waals surface area contributed by atoms with Crippen LogP contribution >= 0.6 is 11.6 Å². The van der Waals surface area contributed by atoms with E-state index < -0.39 is 0 Å². The number of ether oxygens (including phenoxy) is 2. The summed E-state index contributed by atoms with van der Waals surface area (Å²) in [6, 6.07) is 0. The summed E-state index contributed by atoms with van der Waals surface area (Å²) < 4.78 is 10.7. The van der Waals surface area contributed by atoms with E-state index in [1.54, 1.807) is 7.11 Å². The Morgan fingerprint density at radius 1 is 1.50 bits per heavy atom. The Morgan fingerprint density at radius 2 is 2.31 bits per heavy atom. The maximum atomic E-state index is 6.12. The van der Waals surface area contributed by atoms with Crippen molar-refractivity contribution < 1.29 is 9.47 Å². The predicted molar refractivity (Wildman–Crippen MR) is 60.4 cm³/mol. The van der Waals surface area contributed by atoms with E-state index in [0.717, 1.165) is 24.1 Å². The van der Waals surface area contributed by atoms with Crippen LogP contribution in [0.15, 0.2) is 0 Å². The second kappa shape index (κ2) is 5.08. The van der Waals surface area contributed by atoms with Crippen molar-refractivity contribution in [1.29, 1.82) is 0 Å². The van der Waals surface area contributed by atoms with Gasteiger partial charge in [-0.2, -0.15) is 0 Å². The maximum absolute atomic E-state index is 6.12. The van der Waals surface area contributed by atoms with Gasteiger partial charge in [-0.25, -0.2) is 9.97 Å². The molecule has 0 aliphatic carbocycles. The van der Waals surface area contributed by atoms with Gasteiger partial charge in [-0.1, -0.05) is 18.5 Å². The molecule has 1 atom stereocenters. The lowest BCUT2D eigenvalue weighted by Crippen LogP contribution is -2.17. The zero-order chi connectivity index (χ0) is 11.5. The highest BCUT2D eigenvalue weighted by Crippen LogP contribution is 2.25. The number of hydrogen-bond acceptors (Lipinski definition) is 4. The van der Waals surface area contributed by atoms with Gasteiger partial charge in [-0.15, -0.1) is 0 Å². The predicted octanol–water partition coefficient (Wildman–Crippen LogP) is 2.30. The lowest BCUT2D eigenvalue weighted by molar-refractivity contribution is 0.0891. The Morgan fingerprint density at radius 3 is 3.00 bits per heavy atom. The topological polar surface area (TPSA) is 44.2 Å². The Hall–Kier alpha value is -0.710. The highest BCUT2D eigenvalue weighted by atomic mass is 35.5. The molecule has 0 saturated heterocycles. The Bertz CT molecular complexity index is 380. The molecule has 0 N–H and O–H groups in total. The molecule has 0 spiro atoms. The molecule has 0 fully saturated rings. The lowest BCUT2D eigenvalue weighted by atomic mass is 10.1. The first-order valence-corrected chi connectivity index (χ1v) is 5.79. The van der Waals surface area contributed by atoms with Gasteiger partial charge >= 0.3 is 0 Å². The van der Waals surface area contributed by atoms with Gasteiger partial charge in [-0.3, -0.25) is 0 Å². The van der Waals surface area contributed by atoms with E-state index in [0.29, 0.717) is 24.2 Å². The highest BCUT2D eigenvalue weighted by molar-refractivity contribution is 6.30. The van der Waals surface area contributed by atoms with E-state index >= 15 is 0 Å². The zero-order valence-corrected chi connectivity index (χ0v) is 10.3. The third kappa shape index (κ3) is 2.19. The molecule has 5 heteroatoms. The molecular weight excluding hydrogens is 228 g/mol. The van der Waals surface area contributed by atoms with Crippen LogP contribution < -0.4 is 0 Å². The van der Waals surface area contributed by atoms with Crippen LogP contribution in [0.1, 0.15) is 36.5 Å². The van der Waals surface area contributed by atoms with Gasteiger partial charge in [0.2, 0.25) is 0 Å². The molecule has 0 bridgehead atoms. The molecule has 0 saturated carbocycles. The Labute approximate surface area is 99.9 Å². The zero-order valence-electron chi connectivity index (χ0n) is 9.49. The van der Waals surface area contributed by atoms with E-state index in [1.807, 2.05) is 6.92 Å². The van der Waals surface area contributed by atoms with Gasteiger partial charge in [0.05, 0.1) is 18.9 Å². The maximum Gasteiger partial charge on any atom is 0.159 e. The number of fused-ring (bicyclic) bond motifs is 1. The van der Waals surface area contributed by atoms with Crippen molar-refractivity contribution in [1.82, 2.24) is 9.97 Å². The highest BCUT2D eigenvalue weighted by Gasteiger charge is 2.20. The molecule has 88 valence electrons. The minimum Gasteiger partial charge on any atom is -0.376 e. The summed E-state index contributed by atoms with van der Waals surface area (Å²) in [6.45, 7) is 3.25. The van der Waals surface area contributed by atoms with E-state index in [-0.39, 0.29) is 6.10 Å². The number of methoxy groups -OCH3 is 1. The molecule has 0 aromatic carbocycles. The second-order valence-corrected chi connectivity index (χ2v) is 4.09. The van der Waals surface area contributed by atoms with Gasteiger partial charge in [0, 0.05) is 19.1 Å². The standard InChI is InChI=1S/C11H15ClN2O2/c1-3-9(15-2)11-13-8-4-5-16-6-7(8)10(12)14-11/h9H,3-6H2,1-2H3. The fourth-order valence-electron chi connectivity index (χ4n) is 1.81. The molecule has 1 aliphatic heterocycles. The molecule has 2 rings (SSSR count). The van der Waals surface area contributed by atoms with Crippen molar-refractivity contribution in [2.75, 3.05) is 13.7 Å². The first-order valence-electron chi connectivity index (χ1n) is 5.42. The van der Waals surface area contributed by atoms with Crippen molar-refractivity contribution in [3.05, 3.63) is 22.2 Å². The number of aromatic nitrogens is 2. The summed E-state index contributed by atoms with van der Waals surface area (Å²) in [4.78, 5) is 8.79. The molecule has 0 radical (unpaired) electrons. The van der Waals surface area contributed by atoms with E-state index in [4.69, 9.17) is 21.1 Å². The molecular formula is C11H15ClN2O2. The van der Waals surface area contributed by atoms with Crippen LogP contribution in [0.5, 0.6) is 0 Å². The van der Waals surface area contributed by atoms with Crippen molar-refractivity contribution in [3.8, 4) is 0 Å². The van der Waals surface area contributed by atoms with Gasteiger partial charge in [0.1, 0.15) is 11.3 Å². The summed E-state index contributed by atoms with van der Waals surface area (Å²) in [6.07, 6.45) is 1.55. The van der Waals surface area contributed by atoms with Crippen molar-refractivity contribution in [2.45, 2.75) is 32.5 Å². The Kier molecular flexibility index (Phi) is 3.74. The molecule has 0 amide bonds. The van der Waals surface area contributed by atoms with Crippen LogP contribution in [0.25, 0.3) is 0 Å². The average Bonchev–Trinajstić information content (AvgIpc) is 2.31. The van der Waals surface area contributed by atoms with E-state index in [2.05, 4.69) is 9.97 Å². The Balaban J connectivity index is 2.38.